The molecule has 2 aromatic carbocycles. The van der Waals surface area contributed by atoms with Crippen LogP contribution in [0, 0.1) is 11.6 Å². The summed E-state index contributed by atoms with van der Waals surface area (Å²) < 4.78 is 37.4. The first-order valence-electron chi connectivity index (χ1n) is 6.57. The lowest BCUT2D eigenvalue weighted by Gasteiger charge is -2.12. The predicted octanol–water partition coefficient (Wildman–Crippen LogP) is 3.05. The highest BCUT2D eigenvalue weighted by molar-refractivity contribution is 5.43. The molecule has 0 fully saturated rings. The molecule has 112 valence electrons. The Labute approximate surface area is 122 Å². The Balaban J connectivity index is 2.14. The van der Waals surface area contributed by atoms with Gasteiger partial charge in [-0.25, -0.2) is 8.78 Å². The van der Waals surface area contributed by atoms with Gasteiger partial charge in [-0.1, -0.05) is 6.07 Å². The number of rotatable bonds is 6. The van der Waals surface area contributed by atoms with Crippen molar-refractivity contribution < 1.29 is 18.3 Å². The van der Waals surface area contributed by atoms with Gasteiger partial charge in [-0.05, 0) is 48.9 Å². The third-order valence-electron chi connectivity index (χ3n) is 3.05. The molecule has 0 aliphatic rings. The molecule has 3 nitrogen and oxygen atoms in total. The van der Waals surface area contributed by atoms with Crippen LogP contribution in [-0.4, -0.2) is 13.7 Å². The first-order valence-corrected chi connectivity index (χ1v) is 6.57. The van der Waals surface area contributed by atoms with Crippen LogP contribution in [-0.2, 0) is 13.0 Å². The lowest BCUT2D eigenvalue weighted by atomic mass is 10.1. The Kier molecular flexibility index (Phi) is 5.11. The maximum Gasteiger partial charge on any atom is 0.161 e. The zero-order valence-corrected chi connectivity index (χ0v) is 11.7. The molecule has 0 aliphatic carbocycles. The number of halogens is 2. The molecule has 0 bridgehead atoms. The zero-order valence-electron chi connectivity index (χ0n) is 11.7. The molecule has 2 N–H and O–H groups in total. The fourth-order valence-corrected chi connectivity index (χ4v) is 1.96. The minimum atomic E-state index is -0.505. The van der Waals surface area contributed by atoms with Crippen LogP contribution in [0.25, 0.3) is 0 Å². The van der Waals surface area contributed by atoms with Crippen LogP contribution in [0.1, 0.15) is 11.1 Å². The van der Waals surface area contributed by atoms with Crippen molar-refractivity contribution in [3.63, 3.8) is 0 Å². The van der Waals surface area contributed by atoms with Crippen molar-refractivity contribution in [2.24, 2.45) is 5.73 Å². The van der Waals surface area contributed by atoms with E-state index in [-0.39, 0.29) is 12.2 Å². The Hall–Kier alpha value is -2.14. The third kappa shape index (κ3) is 3.92. The second-order valence-electron chi connectivity index (χ2n) is 4.55. The summed E-state index contributed by atoms with van der Waals surface area (Å²) >= 11 is 0. The molecular formula is C16H17F2NO2. The lowest BCUT2D eigenvalue weighted by molar-refractivity contribution is 0.279. The standard InChI is InChI=1S/C16H17F2NO2/c1-20-16-8-11(6-7-19)2-5-15(16)21-10-12-9-13(17)3-4-14(12)18/h2-5,8-9H,6-7,10,19H2,1H3. The zero-order chi connectivity index (χ0) is 15.2. The van der Waals surface area contributed by atoms with Gasteiger partial charge in [-0.2, -0.15) is 0 Å². The highest BCUT2D eigenvalue weighted by Crippen LogP contribution is 2.29. The van der Waals surface area contributed by atoms with Crippen molar-refractivity contribution in [2.45, 2.75) is 13.0 Å². The van der Waals surface area contributed by atoms with Gasteiger partial charge >= 0.3 is 0 Å². The molecule has 0 aromatic heterocycles. The highest BCUT2D eigenvalue weighted by atomic mass is 19.1. The average molecular weight is 293 g/mol. The van der Waals surface area contributed by atoms with E-state index in [4.69, 9.17) is 15.2 Å². The maximum absolute atomic E-state index is 13.5. The van der Waals surface area contributed by atoms with Gasteiger partial charge in [0.25, 0.3) is 0 Å². The van der Waals surface area contributed by atoms with E-state index >= 15 is 0 Å². The van der Waals surface area contributed by atoms with Crippen molar-refractivity contribution in [2.75, 3.05) is 13.7 Å². The quantitative estimate of drug-likeness (QED) is 0.890. The molecular weight excluding hydrogens is 276 g/mol. The predicted molar refractivity (Wildman–Crippen MR) is 76.4 cm³/mol. The van der Waals surface area contributed by atoms with Crippen LogP contribution in [0.3, 0.4) is 0 Å². The molecule has 0 unspecified atom stereocenters. The summed E-state index contributed by atoms with van der Waals surface area (Å²) in [5, 5.41) is 0. The van der Waals surface area contributed by atoms with Gasteiger partial charge < -0.3 is 15.2 Å². The molecule has 0 atom stereocenters. The van der Waals surface area contributed by atoms with Crippen molar-refractivity contribution >= 4 is 0 Å². The second-order valence-corrected chi connectivity index (χ2v) is 4.55. The number of methoxy groups -OCH3 is 1. The van der Waals surface area contributed by atoms with Crippen LogP contribution in [0.4, 0.5) is 8.78 Å². The number of hydrogen-bond acceptors (Lipinski definition) is 3. The van der Waals surface area contributed by atoms with Crippen LogP contribution in [0.5, 0.6) is 11.5 Å². The summed E-state index contributed by atoms with van der Waals surface area (Å²) in [6.45, 7) is 0.466. The van der Waals surface area contributed by atoms with E-state index in [9.17, 15) is 8.78 Å². The second kappa shape index (κ2) is 7.04. The van der Waals surface area contributed by atoms with E-state index in [1.165, 1.54) is 7.11 Å². The molecule has 0 saturated carbocycles. The molecule has 0 spiro atoms. The van der Waals surface area contributed by atoms with Crippen LogP contribution < -0.4 is 15.2 Å². The molecule has 0 amide bonds. The van der Waals surface area contributed by atoms with E-state index in [0.29, 0.717) is 18.0 Å². The van der Waals surface area contributed by atoms with Gasteiger partial charge in [0.15, 0.2) is 11.5 Å². The summed E-state index contributed by atoms with van der Waals surface area (Å²) in [6, 6.07) is 8.69. The molecule has 0 heterocycles. The van der Waals surface area contributed by atoms with Gasteiger partial charge in [-0.3, -0.25) is 0 Å². The van der Waals surface area contributed by atoms with E-state index in [1.54, 1.807) is 6.07 Å². The van der Waals surface area contributed by atoms with Gasteiger partial charge in [0.1, 0.15) is 18.2 Å². The minimum absolute atomic E-state index is 0.0732. The van der Waals surface area contributed by atoms with Crippen molar-refractivity contribution in [3.8, 4) is 11.5 Å². The van der Waals surface area contributed by atoms with Crippen LogP contribution in [0.2, 0.25) is 0 Å². The first kappa shape index (κ1) is 15.3. The number of ether oxygens (including phenoxy) is 2. The van der Waals surface area contributed by atoms with Gasteiger partial charge in [0.05, 0.1) is 7.11 Å². The normalized spacial score (nSPS) is 10.5. The van der Waals surface area contributed by atoms with E-state index in [2.05, 4.69) is 0 Å². The Bertz CT molecular complexity index is 617. The smallest absolute Gasteiger partial charge is 0.161 e. The molecule has 2 aromatic rings. The fourth-order valence-electron chi connectivity index (χ4n) is 1.96. The summed E-state index contributed by atoms with van der Waals surface area (Å²) in [4.78, 5) is 0. The number of benzene rings is 2. The third-order valence-corrected chi connectivity index (χ3v) is 3.05. The summed E-state index contributed by atoms with van der Waals surface area (Å²) in [5.74, 6) is 0.00933. The maximum atomic E-state index is 13.5. The van der Waals surface area contributed by atoms with E-state index in [1.807, 2.05) is 12.1 Å². The molecule has 21 heavy (non-hydrogen) atoms. The minimum Gasteiger partial charge on any atom is -0.493 e. The average Bonchev–Trinajstić information content (AvgIpc) is 2.49. The summed E-state index contributed by atoms with van der Waals surface area (Å²) in [7, 11) is 1.52. The molecule has 0 aliphatic heterocycles. The molecule has 5 heteroatoms. The highest BCUT2D eigenvalue weighted by Gasteiger charge is 2.09. The topological polar surface area (TPSA) is 44.5 Å². The first-order chi connectivity index (χ1) is 10.1. The molecule has 0 radical (unpaired) electrons. The molecule has 2 rings (SSSR count). The van der Waals surface area contributed by atoms with Crippen LogP contribution in [0.15, 0.2) is 36.4 Å². The molecule has 0 saturated heterocycles. The van der Waals surface area contributed by atoms with Crippen LogP contribution >= 0.6 is 0 Å². The fraction of sp³-hybridized carbons (Fsp3) is 0.250. The van der Waals surface area contributed by atoms with Crippen molar-refractivity contribution in [1.82, 2.24) is 0 Å². The van der Waals surface area contributed by atoms with Gasteiger partial charge in [0, 0.05) is 5.56 Å². The van der Waals surface area contributed by atoms with E-state index < -0.39 is 11.6 Å². The van der Waals surface area contributed by atoms with Gasteiger partial charge in [-0.15, -0.1) is 0 Å². The van der Waals surface area contributed by atoms with Gasteiger partial charge in [0.2, 0.25) is 0 Å². The van der Waals surface area contributed by atoms with E-state index in [0.717, 1.165) is 30.2 Å². The number of nitrogens with two attached hydrogens (primary N) is 1. The van der Waals surface area contributed by atoms with Crippen molar-refractivity contribution in [3.05, 3.63) is 59.2 Å². The number of hydrogen-bond donors (Lipinski definition) is 1. The van der Waals surface area contributed by atoms with Crippen molar-refractivity contribution in [1.29, 1.82) is 0 Å². The summed E-state index contributed by atoms with van der Waals surface area (Å²) in [5.41, 5.74) is 6.69. The SMILES string of the molecule is COc1cc(CCN)ccc1OCc1cc(F)ccc1F. The largest absolute Gasteiger partial charge is 0.493 e. The Morgan fingerprint density at radius 2 is 1.86 bits per heavy atom. The monoisotopic (exact) mass is 293 g/mol. The lowest BCUT2D eigenvalue weighted by Crippen LogP contribution is -2.04. The Morgan fingerprint density at radius 1 is 1.05 bits per heavy atom. The Morgan fingerprint density at radius 3 is 2.57 bits per heavy atom. The summed E-state index contributed by atoms with van der Waals surface area (Å²) in [6.07, 6.45) is 0.731.